The number of unbranched alkanes of at least 4 members (excludes halogenated alkanes) is 14. The number of fused-ring (bicyclic) bond motifs is 3. The minimum atomic E-state index is 0.172. The van der Waals surface area contributed by atoms with Gasteiger partial charge in [-0.15, -0.1) is 0 Å². The van der Waals surface area contributed by atoms with Crippen LogP contribution in [0.2, 0.25) is 0 Å². The van der Waals surface area contributed by atoms with Crippen molar-refractivity contribution in [2.24, 2.45) is 16.7 Å². The fourth-order valence-electron chi connectivity index (χ4n) is 10.8. The minimum Gasteiger partial charge on any atom is -0.0755 e. The molecule has 0 spiro atoms. The van der Waals surface area contributed by atoms with Crippen LogP contribution in [-0.2, 0) is 18.3 Å². The van der Waals surface area contributed by atoms with Crippen LogP contribution in [0.1, 0.15) is 223 Å². The molecular formula is C54H82. The van der Waals surface area contributed by atoms with Crippen molar-refractivity contribution in [2.45, 2.75) is 214 Å². The molecule has 0 aliphatic heterocycles. The molecule has 0 N–H and O–H groups in total. The van der Waals surface area contributed by atoms with Crippen LogP contribution in [0.3, 0.4) is 0 Å². The first kappa shape index (κ1) is 42.8. The molecule has 5 rings (SSSR count). The van der Waals surface area contributed by atoms with Gasteiger partial charge in [0.15, 0.2) is 0 Å². The molecule has 3 aromatic rings. The van der Waals surface area contributed by atoms with Gasteiger partial charge in [-0.25, -0.2) is 0 Å². The van der Waals surface area contributed by atoms with Crippen LogP contribution >= 0.6 is 0 Å². The van der Waals surface area contributed by atoms with Gasteiger partial charge in [0, 0.05) is 11.3 Å². The summed E-state index contributed by atoms with van der Waals surface area (Å²) in [6, 6.07) is 21.5. The number of hydrogen-bond acceptors (Lipinski definition) is 0. The third-order valence-corrected chi connectivity index (χ3v) is 13.5. The first-order valence-corrected chi connectivity index (χ1v) is 23.3. The topological polar surface area (TPSA) is 0 Å². The lowest BCUT2D eigenvalue weighted by Crippen LogP contribution is -2.45. The van der Waals surface area contributed by atoms with Crippen LogP contribution in [0.15, 0.2) is 60.7 Å². The summed E-state index contributed by atoms with van der Waals surface area (Å²) in [7, 11) is 0. The van der Waals surface area contributed by atoms with Gasteiger partial charge in [0.05, 0.1) is 0 Å². The molecular weight excluding hydrogens is 649 g/mol. The smallest absolute Gasteiger partial charge is 0.0127 e. The fraction of sp³-hybridized carbons (Fsp3) is 0.667. The zero-order valence-corrected chi connectivity index (χ0v) is 36.5. The first-order chi connectivity index (χ1) is 26.0. The monoisotopic (exact) mass is 731 g/mol. The van der Waals surface area contributed by atoms with Crippen molar-refractivity contribution in [3.8, 4) is 0 Å². The van der Waals surface area contributed by atoms with Gasteiger partial charge in [-0.3, -0.25) is 0 Å². The molecule has 3 atom stereocenters. The normalized spacial score (nSPS) is 19.8. The Kier molecular flexibility index (Phi) is 16.4. The molecule has 2 aliphatic rings. The Balaban J connectivity index is 1.35. The summed E-state index contributed by atoms with van der Waals surface area (Å²) in [4.78, 5) is 0. The Labute approximate surface area is 334 Å². The van der Waals surface area contributed by atoms with Gasteiger partial charge < -0.3 is 0 Å². The zero-order chi connectivity index (χ0) is 38.4. The van der Waals surface area contributed by atoms with E-state index in [0.29, 0.717) is 16.7 Å². The van der Waals surface area contributed by atoms with Crippen molar-refractivity contribution < 1.29 is 0 Å². The van der Waals surface area contributed by atoms with Crippen molar-refractivity contribution in [1.82, 2.24) is 0 Å². The molecule has 2 aliphatic carbocycles. The lowest BCUT2D eigenvalue weighted by molar-refractivity contribution is 0.173. The Morgan fingerprint density at radius 1 is 0.630 bits per heavy atom. The van der Waals surface area contributed by atoms with E-state index in [2.05, 4.69) is 115 Å². The van der Waals surface area contributed by atoms with Gasteiger partial charge in [0.25, 0.3) is 0 Å². The van der Waals surface area contributed by atoms with E-state index < -0.39 is 0 Å². The van der Waals surface area contributed by atoms with Gasteiger partial charge in [-0.2, -0.15) is 0 Å². The fourth-order valence-corrected chi connectivity index (χ4v) is 10.8. The first-order valence-electron chi connectivity index (χ1n) is 23.3. The Morgan fingerprint density at radius 3 is 1.81 bits per heavy atom. The van der Waals surface area contributed by atoms with Crippen molar-refractivity contribution in [1.29, 1.82) is 0 Å². The average molecular weight is 731 g/mol. The zero-order valence-electron chi connectivity index (χ0n) is 36.5. The Bertz CT molecular complexity index is 1570. The predicted molar refractivity (Wildman–Crippen MR) is 241 cm³/mol. The molecule has 0 bridgehead atoms. The second-order valence-corrected chi connectivity index (χ2v) is 20.4. The molecule has 0 nitrogen and oxygen atoms in total. The van der Waals surface area contributed by atoms with Crippen molar-refractivity contribution in [2.75, 3.05) is 0 Å². The van der Waals surface area contributed by atoms with Crippen LogP contribution in [-0.4, -0.2) is 0 Å². The second kappa shape index (κ2) is 20.7. The summed E-state index contributed by atoms with van der Waals surface area (Å²) in [6.07, 6.45) is 38.2. The molecule has 3 unspecified atom stereocenters. The van der Waals surface area contributed by atoms with Crippen molar-refractivity contribution in [3.05, 3.63) is 88.5 Å². The molecule has 0 radical (unpaired) electrons. The van der Waals surface area contributed by atoms with E-state index in [9.17, 15) is 0 Å². The van der Waals surface area contributed by atoms with Gasteiger partial charge in [-0.1, -0.05) is 224 Å². The second-order valence-electron chi connectivity index (χ2n) is 20.4. The summed E-state index contributed by atoms with van der Waals surface area (Å²) in [5.74, 6) is 1.22. The highest BCUT2D eigenvalue weighted by atomic mass is 14.5. The molecule has 298 valence electrons. The number of allylic oxidation sites excluding steroid dienone is 1. The number of benzene rings is 3. The highest BCUT2D eigenvalue weighted by Crippen LogP contribution is 2.59. The molecule has 0 heterocycles. The van der Waals surface area contributed by atoms with E-state index in [4.69, 9.17) is 0 Å². The minimum absolute atomic E-state index is 0.172. The predicted octanol–water partition coefficient (Wildman–Crippen LogP) is 17.3. The van der Waals surface area contributed by atoms with E-state index in [0.717, 1.165) is 5.92 Å². The molecule has 0 saturated heterocycles. The van der Waals surface area contributed by atoms with Gasteiger partial charge in [0.2, 0.25) is 0 Å². The summed E-state index contributed by atoms with van der Waals surface area (Å²) in [5, 5.41) is 3.00. The number of aryl methyl sites for hydroxylation is 2. The summed E-state index contributed by atoms with van der Waals surface area (Å²) < 4.78 is 0. The third kappa shape index (κ3) is 11.8. The molecule has 54 heavy (non-hydrogen) atoms. The highest BCUT2D eigenvalue weighted by Gasteiger charge is 2.51. The number of rotatable bonds is 23. The largest absolute Gasteiger partial charge is 0.0755 e. The van der Waals surface area contributed by atoms with Crippen LogP contribution in [0.25, 0.3) is 16.8 Å². The van der Waals surface area contributed by atoms with E-state index >= 15 is 0 Å². The van der Waals surface area contributed by atoms with Crippen LogP contribution in [0.5, 0.6) is 0 Å². The standard InChI is InChI=1S/C54H82/c1-8-29-49-47-33-24-23-31-44(47)42-45-35-37-46(32-21-17-13-9-10-14-18-26-39-52(2,3)4)54(51(45)49,50-38-36-43-30-22-25-34-48(43)50)41-28-20-16-12-11-15-19-27-40-53(5,6)7/h22-25,30-31,33-34,36,38,42,46,50H,8-21,26-29,32,35,37,39-41H2,1-7H3. The van der Waals surface area contributed by atoms with Crippen molar-refractivity contribution in [3.63, 3.8) is 0 Å². The summed E-state index contributed by atoms with van der Waals surface area (Å²) >= 11 is 0. The number of hydrogen-bond donors (Lipinski definition) is 0. The van der Waals surface area contributed by atoms with Gasteiger partial charge in [-0.05, 0) is 100 Å². The maximum atomic E-state index is 2.68. The summed E-state index contributed by atoms with van der Waals surface area (Å²) in [5.41, 5.74) is 9.41. The van der Waals surface area contributed by atoms with E-state index in [-0.39, 0.29) is 5.41 Å². The van der Waals surface area contributed by atoms with E-state index in [1.165, 1.54) is 170 Å². The van der Waals surface area contributed by atoms with Crippen LogP contribution < -0.4 is 0 Å². The molecule has 0 fully saturated rings. The van der Waals surface area contributed by atoms with Crippen molar-refractivity contribution >= 4 is 16.8 Å². The molecule has 0 saturated carbocycles. The molecule has 0 heteroatoms. The molecule has 3 aromatic carbocycles. The maximum Gasteiger partial charge on any atom is 0.0127 e. The van der Waals surface area contributed by atoms with Gasteiger partial charge in [0.1, 0.15) is 0 Å². The SMILES string of the molecule is CCCc1c2c(cc3ccccc13)CCC(CCCCCCCCCCC(C)(C)C)C2(CCCCCCCCCCC(C)(C)C)C1C=Cc2ccccc21. The van der Waals surface area contributed by atoms with Crippen LogP contribution in [0, 0.1) is 16.7 Å². The van der Waals surface area contributed by atoms with Gasteiger partial charge >= 0.3 is 0 Å². The lowest BCUT2D eigenvalue weighted by atomic mass is 9.52. The highest BCUT2D eigenvalue weighted by molar-refractivity contribution is 5.89. The summed E-state index contributed by atoms with van der Waals surface area (Å²) in [6.45, 7) is 16.7. The lowest BCUT2D eigenvalue weighted by Gasteiger charge is -2.51. The average Bonchev–Trinajstić information content (AvgIpc) is 3.57. The molecule has 0 aromatic heterocycles. The maximum absolute atomic E-state index is 2.68. The van der Waals surface area contributed by atoms with Crippen LogP contribution in [0.4, 0.5) is 0 Å². The third-order valence-electron chi connectivity index (χ3n) is 13.5. The Morgan fingerprint density at radius 2 is 1.19 bits per heavy atom. The van der Waals surface area contributed by atoms with E-state index in [1.54, 1.807) is 22.3 Å². The Hall–Kier alpha value is -2.34. The molecule has 0 amide bonds. The van der Waals surface area contributed by atoms with E-state index in [1.807, 2.05) is 0 Å². The quantitative estimate of drug-likeness (QED) is 0.0852.